The second-order valence-corrected chi connectivity index (χ2v) is 6.66. The van der Waals surface area contributed by atoms with Crippen LogP contribution in [0.3, 0.4) is 0 Å². The van der Waals surface area contributed by atoms with E-state index in [1.54, 1.807) is 18.0 Å². The van der Waals surface area contributed by atoms with Crippen LogP contribution in [-0.2, 0) is 19.4 Å². The number of hydrogen-bond acceptors (Lipinski definition) is 4. The minimum absolute atomic E-state index is 0.0526. The van der Waals surface area contributed by atoms with Gasteiger partial charge in [0.25, 0.3) is 0 Å². The fraction of sp³-hybridized carbons (Fsp3) is 0.400. The van der Waals surface area contributed by atoms with E-state index < -0.39 is 0 Å². The highest BCUT2D eigenvalue weighted by Gasteiger charge is 2.05. The van der Waals surface area contributed by atoms with Crippen LogP contribution in [0.15, 0.2) is 41.7 Å². The molecule has 108 valence electrons. The molecule has 0 bridgehead atoms. The van der Waals surface area contributed by atoms with Gasteiger partial charge < -0.3 is 9.67 Å². The van der Waals surface area contributed by atoms with Crippen molar-refractivity contribution in [2.75, 3.05) is 11.5 Å². The van der Waals surface area contributed by atoms with Crippen molar-refractivity contribution in [3.63, 3.8) is 0 Å². The Balaban J connectivity index is 1.61. The molecule has 1 aromatic carbocycles. The number of nitrogens with zero attached hydrogens (tertiary/aromatic N) is 2. The predicted molar refractivity (Wildman–Crippen MR) is 87.1 cm³/mol. The van der Waals surface area contributed by atoms with Crippen LogP contribution in [0.4, 0.5) is 0 Å². The Morgan fingerprint density at radius 3 is 2.70 bits per heavy atom. The topological polar surface area (TPSA) is 38.0 Å². The molecule has 0 aliphatic carbocycles. The Hall–Kier alpha value is -0.910. The van der Waals surface area contributed by atoms with Gasteiger partial charge in [-0.25, -0.2) is 4.98 Å². The molecule has 0 aliphatic rings. The Morgan fingerprint density at radius 1 is 1.20 bits per heavy atom. The molecule has 20 heavy (non-hydrogen) atoms. The maximum absolute atomic E-state index is 9.11. The first-order valence-corrected chi connectivity index (χ1v) is 8.81. The molecule has 0 fully saturated rings. The predicted octanol–water partition coefficient (Wildman–Crippen LogP) is 3.33. The number of aliphatic hydroxyl groups is 1. The minimum Gasteiger partial charge on any atom is -0.390 e. The van der Waals surface area contributed by atoms with Crippen molar-refractivity contribution < 1.29 is 5.11 Å². The number of aromatic nitrogens is 2. The van der Waals surface area contributed by atoms with Gasteiger partial charge in [-0.3, -0.25) is 0 Å². The summed E-state index contributed by atoms with van der Waals surface area (Å²) in [6, 6.07) is 10.6. The highest BCUT2D eigenvalue weighted by atomic mass is 32.2. The quantitative estimate of drug-likeness (QED) is 0.599. The maximum atomic E-state index is 9.11. The van der Waals surface area contributed by atoms with Crippen molar-refractivity contribution in [1.82, 2.24) is 9.55 Å². The Kier molecular flexibility index (Phi) is 6.50. The van der Waals surface area contributed by atoms with Crippen molar-refractivity contribution in [2.45, 2.75) is 23.9 Å². The number of thioether (sulfide) groups is 2. The summed E-state index contributed by atoms with van der Waals surface area (Å²) in [5, 5.41) is 10.1. The van der Waals surface area contributed by atoms with Crippen LogP contribution in [0.2, 0.25) is 0 Å². The first-order chi connectivity index (χ1) is 9.81. The molecule has 0 atom stereocenters. The van der Waals surface area contributed by atoms with Crippen LogP contribution < -0.4 is 0 Å². The van der Waals surface area contributed by atoms with E-state index >= 15 is 0 Å². The fourth-order valence-electron chi connectivity index (χ4n) is 1.80. The van der Waals surface area contributed by atoms with E-state index in [9.17, 15) is 0 Å². The molecule has 0 amide bonds. The van der Waals surface area contributed by atoms with Gasteiger partial charge in [-0.2, -0.15) is 11.8 Å². The Bertz CT molecular complexity index is 514. The van der Waals surface area contributed by atoms with Gasteiger partial charge in [0.05, 0.1) is 18.5 Å². The zero-order valence-corrected chi connectivity index (χ0v) is 13.3. The monoisotopic (exact) mass is 308 g/mol. The van der Waals surface area contributed by atoms with Crippen LogP contribution in [-0.4, -0.2) is 26.2 Å². The summed E-state index contributed by atoms with van der Waals surface area (Å²) < 4.78 is 1.96. The second kappa shape index (κ2) is 8.39. The number of benzene rings is 1. The van der Waals surface area contributed by atoms with E-state index in [1.165, 1.54) is 17.7 Å². The summed E-state index contributed by atoms with van der Waals surface area (Å²) in [7, 11) is 1.95. The standard InChI is InChI=1S/C15H20N2OS2/c1-17-14(11-18)10-16-15(17)20-9-5-8-19-12-13-6-3-2-4-7-13/h2-4,6-7,10,18H,5,8-9,11-12H2,1H3. The highest BCUT2D eigenvalue weighted by molar-refractivity contribution is 7.99. The van der Waals surface area contributed by atoms with E-state index in [-0.39, 0.29) is 6.61 Å². The van der Waals surface area contributed by atoms with Crippen LogP contribution in [0, 0.1) is 0 Å². The number of imidazole rings is 1. The lowest BCUT2D eigenvalue weighted by molar-refractivity contribution is 0.271. The normalized spacial score (nSPS) is 10.9. The van der Waals surface area contributed by atoms with Gasteiger partial charge in [0.1, 0.15) is 0 Å². The van der Waals surface area contributed by atoms with Crippen LogP contribution in [0.25, 0.3) is 0 Å². The zero-order chi connectivity index (χ0) is 14.2. The van der Waals surface area contributed by atoms with Crippen molar-refractivity contribution in [2.24, 2.45) is 7.05 Å². The van der Waals surface area contributed by atoms with Gasteiger partial charge in [0, 0.05) is 18.6 Å². The Labute approximate surface area is 128 Å². The molecule has 3 nitrogen and oxygen atoms in total. The van der Waals surface area contributed by atoms with Gasteiger partial charge in [0.15, 0.2) is 5.16 Å². The molecule has 1 heterocycles. The smallest absolute Gasteiger partial charge is 0.167 e. The molecular weight excluding hydrogens is 288 g/mol. The maximum Gasteiger partial charge on any atom is 0.167 e. The minimum atomic E-state index is 0.0526. The summed E-state index contributed by atoms with van der Waals surface area (Å²) in [5.74, 6) is 3.32. The van der Waals surface area contributed by atoms with Crippen molar-refractivity contribution >= 4 is 23.5 Å². The average Bonchev–Trinajstić information content (AvgIpc) is 2.84. The summed E-state index contributed by atoms with van der Waals surface area (Å²) in [4.78, 5) is 4.31. The van der Waals surface area contributed by atoms with E-state index in [4.69, 9.17) is 5.11 Å². The van der Waals surface area contributed by atoms with Crippen LogP contribution >= 0.6 is 23.5 Å². The second-order valence-electron chi connectivity index (χ2n) is 4.49. The summed E-state index contributed by atoms with van der Waals surface area (Å²) in [5.41, 5.74) is 2.26. The Morgan fingerprint density at radius 2 is 2.00 bits per heavy atom. The third-order valence-electron chi connectivity index (χ3n) is 2.98. The number of aliphatic hydroxyl groups excluding tert-OH is 1. The number of hydrogen-bond donors (Lipinski definition) is 1. The van der Waals surface area contributed by atoms with Gasteiger partial charge in [-0.1, -0.05) is 42.1 Å². The van der Waals surface area contributed by atoms with E-state index in [2.05, 4.69) is 35.3 Å². The molecule has 1 aromatic heterocycles. The third kappa shape index (κ3) is 4.58. The molecular formula is C15H20N2OS2. The highest BCUT2D eigenvalue weighted by Crippen LogP contribution is 2.20. The van der Waals surface area contributed by atoms with E-state index in [0.717, 1.165) is 22.4 Å². The van der Waals surface area contributed by atoms with E-state index in [1.807, 2.05) is 23.4 Å². The van der Waals surface area contributed by atoms with Gasteiger partial charge in [-0.05, 0) is 17.7 Å². The summed E-state index contributed by atoms with van der Waals surface area (Å²) >= 11 is 3.73. The molecule has 1 N–H and O–H groups in total. The first-order valence-electron chi connectivity index (χ1n) is 6.67. The summed E-state index contributed by atoms with van der Waals surface area (Å²) in [6.07, 6.45) is 2.91. The van der Waals surface area contributed by atoms with Crippen LogP contribution in [0.1, 0.15) is 17.7 Å². The van der Waals surface area contributed by atoms with Crippen LogP contribution in [0.5, 0.6) is 0 Å². The van der Waals surface area contributed by atoms with Gasteiger partial charge in [0.2, 0.25) is 0 Å². The molecule has 5 heteroatoms. The largest absolute Gasteiger partial charge is 0.390 e. The molecule has 2 aromatic rings. The van der Waals surface area contributed by atoms with Crippen molar-refractivity contribution in [1.29, 1.82) is 0 Å². The molecule has 2 rings (SSSR count). The number of rotatable bonds is 8. The average molecular weight is 308 g/mol. The van der Waals surface area contributed by atoms with Crippen molar-refractivity contribution in [3.8, 4) is 0 Å². The third-order valence-corrected chi connectivity index (χ3v) is 5.22. The fourth-order valence-corrected chi connectivity index (χ4v) is 3.81. The first kappa shape index (κ1) is 15.5. The van der Waals surface area contributed by atoms with E-state index in [0.29, 0.717) is 0 Å². The zero-order valence-electron chi connectivity index (χ0n) is 11.7. The van der Waals surface area contributed by atoms with Gasteiger partial charge in [-0.15, -0.1) is 0 Å². The lowest BCUT2D eigenvalue weighted by atomic mass is 10.2. The molecule has 0 saturated heterocycles. The molecule has 0 unspecified atom stereocenters. The van der Waals surface area contributed by atoms with Crippen molar-refractivity contribution in [3.05, 3.63) is 47.8 Å². The molecule has 0 aliphatic heterocycles. The molecule has 0 saturated carbocycles. The SMILES string of the molecule is Cn1c(CO)cnc1SCCCSCc1ccccc1. The summed E-state index contributed by atoms with van der Waals surface area (Å²) in [6.45, 7) is 0.0526. The van der Waals surface area contributed by atoms with Gasteiger partial charge >= 0.3 is 0 Å². The lowest BCUT2D eigenvalue weighted by Crippen LogP contribution is -1.98. The lowest BCUT2D eigenvalue weighted by Gasteiger charge is -2.04. The molecule has 0 spiro atoms. The molecule has 0 radical (unpaired) electrons.